The minimum atomic E-state index is -1.20. The minimum absolute atomic E-state index is 0.0841. The van der Waals surface area contributed by atoms with Crippen LogP contribution in [0.1, 0.15) is 46.2 Å². The van der Waals surface area contributed by atoms with Gasteiger partial charge >= 0.3 is 0 Å². The predicted molar refractivity (Wildman–Crippen MR) is 104 cm³/mol. The highest BCUT2D eigenvalue weighted by Gasteiger charge is 2.38. The molecule has 0 spiro atoms. The smallest absolute Gasteiger partial charge is 0.276 e. The van der Waals surface area contributed by atoms with Crippen LogP contribution in [0.25, 0.3) is 0 Å². The number of aromatic nitrogens is 1. The lowest BCUT2D eigenvalue weighted by molar-refractivity contribution is -0.0795. The molecule has 4 rings (SSSR count). The molecule has 2 atom stereocenters. The summed E-state index contributed by atoms with van der Waals surface area (Å²) in [6, 6.07) is 0.935. The molecule has 1 aromatic heterocycles. The molecule has 3 heterocycles. The topological polar surface area (TPSA) is 101 Å². The number of benzene rings is 1. The third kappa shape index (κ3) is 3.83. The summed E-state index contributed by atoms with van der Waals surface area (Å²) in [5.41, 5.74) is -2.45. The molecule has 0 saturated carbocycles. The average Bonchev–Trinajstić information content (AvgIpc) is 2.90. The van der Waals surface area contributed by atoms with Crippen LogP contribution < -0.4 is 10.7 Å². The lowest BCUT2D eigenvalue weighted by atomic mass is 10.1. The SMILES string of the molecule is C[C@@H]1CCCN2C(=O)c3c(O)c(=O)c(C(=O)NCc4c(F)cc(F)cc4F)cn3CC2O1. The van der Waals surface area contributed by atoms with Gasteiger partial charge < -0.3 is 24.6 Å². The second-order valence-electron chi connectivity index (χ2n) is 7.79. The second-order valence-corrected chi connectivity index (χ2v) is 7.79. The van der Waals surface area contributed by atoms with Crippen LogP contribution in [-0.2, 0) is 17.8 Å². The van der Waals surface area contributed by atoms with E-state index in [0.29, 0.717) is 25.1 Å². The van der Waals surface area contributed by atoms with E-state index in [1.165, 1.54) is 9.47 Å². The van der Waals surface area contributed by atoms with Gasteiger partial charge in [0.15, 0.2) is 17.7 Å². The molecule has 170 valence electrons. The van der Waals surface area contributed by atoms with Crippen molar-refractivity contribution in [3.05, 3.63) is 62.8 Å². The first-order chi connectivity index (χ1) is 15.2. The Morgan fingerprint density at radius 1 is 1.25 bits per heavy atom. The summed E-state index contributed by atoms with van der Waals surface area (Å²) in [4.78, 5) is 39.5. The van der Waals surface area contributed by atoms with Crippen LogP contribution >= 0.6 is 0 Å². The number of ether oxygens (including phenoxy) is 1. The first-order valence-corrected chi connectivity index (χ1v) is 10.0. The molecule has 2 aromatic rings. The van der Waals surface area contributed by atoms with Crippen LogP contribution in [0.3, 0.4) is 0 Å². The molecule has 2 aliphatic rings. The molecule has 8 nitrogen and oxygen atoms in total. The summed E-state index contributed by atoms with van der Waals surface area (Å²) < 4.78 is 47.8. The van der Waals surface area contributed by atoms with Crippen LogP contribution in [0.5, 0.6) is 5.75 Å². The van der Waals surface area contributed by atoms with Crippen LogP contribution in [0, 0.1) is 17.5 Å². The predicted octanol–water partition coefficient (Wildman–Crippen LogP) is 1.88. The molecule has 0 aliphatic carbocycles. The van der Waals surface area contributed by atoms with E-state index in [-0.39, 0.29) is 18.3 Å². The Hall–Kier alpha value is -3.34. The largest absolute Gasteiger partial charge is 0.503 e. The summed E-state index contributed by atoms with van der Waals surface area (Å²) in [6.07, 6.45) is 1.82. The Balaban J connectivity index is 1.63. The third-order valence-electron chi connectivity index (χ3n) is 5.60. The zero-order valence-corrected chi connectivity index (χ0v) is 17.0. The first kappa shape index (κ1) is 21.9. The normalized spacial score (nSPS) is 20.4. The fourth-order valence-electron chi connectivity index (χ4n) is 3.97. The van der Waals surface area contributed by atoms with Gasteiger partial charge in [0, 0.05) is 37.0 Å². The number of nitrogens with one attached hydrogen (secondary N) is 1. The number of aromatic hydroxyl groups is 1. The number of nitrogens with zero attached hydrogens (tertiary/aromatic N) is 2. The van der Waals surface area contributed by atoms with Crippen molar-refractivity contribution in [2.24, 2.45) is 0 Å². The van der Waals surface area contributed by atoms with Crippen molar-refractivity contribution < 1.29 is 32.6 Å². The molecule has 11 heteroatoms. The van der Waals surface area contributed by atoms with Crippen molar-refractivity contribution in [3.63, 3.8) is 0 Å². The van der Waals surface area contributed by atoms with Gasteiger partial charge in [-0.3, -0.25) is 14.4 Å². The molecular formula is C21H20F3N3O5. The van der Waals surface area contributed by atoms with Gasteiger partial charge in [-0.25, -0.2) is 13.2 Å². The molecule has 1 saturated heterocycles. The van der Waals surface area contributed by atoms with Crippen LogP contribution in [0.4, 0.5) is 13.2 Å². The van der Waals surface area contributed by atoms with E-state index in [0.717, 1.165) is 12.6 Å². The van der Waals surface area contributed by atoms with Gasteiger partial charge in [-0.05, 0) is 19.8 Å². The molecule has 2 amide bonds. The third-order valence-corrected chi connectivity index (χ3v) is 5.60. The second kappa shape index (κ2) is 8.30. The molecular weight excluding hydrogens is 431 g/mol. The lowest BCUT2D eigenvalue weighted by Crippen LogP contribution is -2.50. The van der Waals surface area contributed by atoms with Gasteiger partial charge in [-0.15, -0.1) is 0 Å². The van der Waals surface area contributed by atoms with E-state index in [2.05, 4.69) is 5.32 Å². The lowest BCUT2D eigenvalue weighted by Gasteiger charge is -2.36. The van der Waals surface area contributed by atoms with Crippen LogP contribution in [0.2, 0.25) is 0 Å². The summed E-state index contributed by atoms with van der Waals surface area (Å²) in [6.45, 7) is 1.70. The van der Waals surface area contributed by atoms with Crippen LogP contribution in [-0.4, -0.2) is 45.3 Å². The molecule has 1 fully saturated rings. The van der Waals surface area contributed by atoms with Crippen molar-refractivity contribution in [3.8, 4) is 5.75 Å². The van der Waals surface area contributed by atoms with E-state index in [1.807, 2.05) is 6.92 Å². The number of hydrogen-bond donors (Lipinski definition) is 2. The Labute approximate surface area is 180 Å². The van der Waals surface area contributed by atoms with Crippen molar-refractivity contribution in [2.45, 2.75) is 45.2 Å². The number of carbonyl (C=O) groups excluding carboxylic acids is 2. The zero-order valence-electron chi connectivity index (χ0n) is 17.0. The summed E-state index contributed by atoms with van der Waals surface area (Å²) >= 11 is 0. The average molecular weight is 451 g/mol. The Morgan fingerprint density at radius 3 is 2.62 bits per heavy atom. The standard InChI is InChI=1S/C21H20F3N3O5/c1-10-3-2-4-27-16(32-10)9-26-8-13(18(28)19(29)17(26)21(27)31)20(30)25-7-12-14(23)5-11(22)6-15(12)24/h5-6,8,10,16,29H,2-4,7,9H2,1H3,(H,25,30)/t10-,16?/m1/s1. The van der Waals surface area contributed by atoms with Gasteiger partial charge in [0.1, 0.15) is 23.0 Å². The molecule has 2 N–H and O–H groups in total. The van der Waals surface area contributed by atoms with Crippen molar-refractivity contribution in [2.75, 3.05) is 6.54 Å². The molecule has 0 bridgehead atoms. The van der Waals surface area contributed by atoms with Crippen molar-refractivity contribution in [1.82, 2.24) is 14.8 Å². The molecule has 1 aromatic carbocycles. The van der Waals surface area contributed by atoms with E-state index in [4.69, 9.17) is 4.74 Å². The van der Waals surface area contributed by atoms with E-state index < -0.39 is 64.3 Å². The van der Waals surface area contributed by atoms with Gasteiger partial charge in [0.05, 0.1) is 12.6 Å². The summed E-state index contributed by atoms with van der Waals surface area (Å²) in [5.74, 6) is -6.00. The van der Waals surface area contributed by atoms with Crippen molar-refractivity contribution in [1.29, 1.82) is 0 Å². The fourth-order valence-corrected chi connectivity index (χ4v) is 3.97. The number of pyridine rings is 1. The maximum absolute atomic E-state index is 13.8. The number of rotatable bonds is 3. The minimum Gasteiger partial charge on any atom is -0.503 e. The number of amides is 2. The van der Waals surface area contributed by atoms with Gasteiger partial charge in [-0.1, -0.05) is 0 Å². The zero-order chi connectivity index (χ0) is 23.2. The van der Waals surface area contributed by atoms with Crippen LogP contribution in [0.15, 0.2) is 23.1 Å². The summed E-state index contributed by atoms with van der Waals surface area (Å²) in [5, 5.41) is 12.6. The Bertz CT molecular complexity index is 1140. The van der Waals surface area contributed by atoms with Gasteiger partial charge in [0.2, 0.25) is 5.43 Å². The first-order valence-electron chi connectivity index (χ1n) is 10.0. The van der Waals surface area contributed by atoms with E-state index in [1.54, 1.807) is 0 Å². The quantitative estimate of drug-likeness (QED) is 0.742. The highest BCUT2D eigenvalue weighted by atomic mass is 19.1. The fraction of sp³-hybridized carbons (Fsp3) is 0.381. The van der Waals surface area contributed by atoms with E-state index >= 15 is 0 Å². The Kier molecular flexibility index (Phi) is 5.68. The Morgan fingerprint density at radius 2 is 1.94 bits per heavy atom. The maximum Gasteiger partial charge on any atom is 0.276 e. The molecule has 1 unspecified atom stereocenters. The number of carbonyl (C=O) groups is 2. The highest BCUT2D eigenvalue weighted by Crippen LogP contribution is 2.27. The van der Waals surface area contributed by atoms with Gasteiger partial charge in [0.25, 0.3) is 11.8 Å². The number of hydrogen-bond acceptors (Lipinski definition) is 5. The summed E-state index contributed by atoms with van der Waals surface area (Å²) in [7, 11) is 0. The number of fused-ring (bicyclic) bond motifs is 2. The maximum atomic E-state index is 13.8. The van der Waals surface area contributed by atoms with Gasteiger partial charge in [-0.2, -0.15) is 0 Å². The highest BCUT2D eigenvalue weighted by molar-refractivity contribution is 5.99. The molecule has 2 aliphatic heterocycles. The molecule has 32 heavy (non-hydrogen) atoms. The number of halogens is 3. The van der Waals surface area contributed by atoms with Crippen molar-refractivity contribution >= 4 is 11.8 Å². The monoisotopic (exact) mass is 451 g/mol. The molecule has 0 radical (unpaired) electrons. The van der Waals surface area contributed by atoms with E-state index in [9.17, 15) is 32.7 Å².